The second kappa shape index (κ2) is 7.11. The minimum Gasteiger partial charge on any atom is -0.496 e. The number of aromatic amines is 1. The van der Waals surface area contributed by atoms with Crippen molar-refractivity contribution in [2.24, 2.45) is 5.92 Å². The van der Waals surface area contributed by atoms with Crippen LogP contribution in [0.4, 0.5) is 5.69 Å². The molecule has 4 rings (SSSR count). The highest BCUT2D eigenvalue weighted by molar-refractivity contribution is 5.43. The van der Waals surface area contributed by atoms with Crippen molar-refractivity contribution in [2.45, 2.75) is 38.8 Å². The molecule has 1 saturated carbocycles. The van der Waals surface area contributed by atoms with E-state index in [1.807, 2.05) is 0 Å². The SMILES string of the molecule is COc1ccc([N+](=O)[O-])cc1CN1CCc2c(nc(CC3CC3)[nH]c2=O)C1. The number of benzene rings is 1. The number of hydrogen-bond acceptors (Lipinski definition) is 6. The number of ether oxygens (including phenoxy) is 1. The average Bonchev–Trinajstić information content (AvgIpc) is 3.45. The lowest BCUT2D eigenvalue weighted by molar-refractivity contribution is -0.385. The lowest BCUT2D eigenvalue weighted by Gasteiger charge is -2.28. The van der Waals surface area contributed by atoms with E-state index in [1.54, 1.807) is 19.2 Å². The highest BCUT2D eigenvalue weighted by Gasteiger charge is 2.26. The van der Waals surface area contributed by atoms with E-state index in [0.29, 0.717) is 37.7 Å². The Labute approximate surface area is 156 Å². The van der Waals surface area contributed by atoms with Crippen molar-refractivity contribution >= 4 is 5.69 Å². The molecule has 1 aromatic carbocycles. The molecule has 2 aliphatic rings. The van der Waals surface area contributed by atoms with Crippen molar-refractivity contribution in [1.29, 1.82) is 0 Å². The second-order valence-corrected chi connectivity index (χ2v) is 7.30. The zero-order valence-electron chi connectivity index (χ0n) is 15.2. The maximum absolute atomic E-state index is 12.4. The number of aromatic nitrogens is 2. The Morgan fingerprint density at radius 2 is 2.22 bits per heavy atom. The Bertz CT molecular complexity index is 936. The first kappa shape index (κ1) is 17.7. The van der Waals surface area contributed by atoms with Crippen molar-refractivity contribution in [2.75, 3.05) is 13.7 Å². The van der Waals surface area contributed by atoms with Gasteiger partial charge in [-0.15, -0.1) is 0 Å². The van der Waals surface area contributed by atoms with E-state index in [1.165, 1.54) is 18.9 Å². The van der Waals surface area contributed by atoms with Crippen LogP contribution in [0.3, 0.4) is 0 Å². The summed E-state index contributed by atoms with van der Waals surface area (Å²) in [4.78, 5) is 32.8. The second-order valence-electron chi connectivity index (χ2n) is 7.30. The number of nitrogens with one attached hydrogen (secondary N) is 1. The van der Waals surface area contributed by atoms with Gasteiger partial charge in [0.2, 0.25) is 0 Å². The van der Waals surface area contributed by atoms with Gasteiger partial charge in [0, 0.05) is 49.3 Å². The fraction of sp³-hybridized carbons (Fsp3) is 0.474. The number of nitro benzene ring substituents is 1. The van der Waals surface area contributed by atoms with Crippen molar-refractivity contribution in [1.82, 2.24) is 14.9 Å². The summed E-state index contributed by atoms with van der Waals surface area (Å²) in [6, 6.07) is 4.62. The van der Waals surface area contributed by atoms with Crippen LogP contribution in [0.1, 0.15) is 35.5 Å². The first-order valence-corrected chi connectivity index (χ1v) is 9.18. The summed E-state index contributed by atoms with van der Waals surface area (Å²) in [6.07, 6.45) is 3.87. The van der Waals surface area contributed by atoms with Gasteiger partial charge in [0.15, 0.2) is 0 Å². The molecule has 27 heavy (non-hydrogen) atoms. The number of rotatable bonds is 6. The molecule has 2 heterocycles. The number of fused-ring (bicyclic) bond motifs is 1. The normalized spacial score (nSPS) is 16.8. The van der Waals surface area contributed by atoms with E-state index < -0.39 is 4.92 Å². The van der Waals surface area contributed by atoms with Gasteiger partial charge >= 0.3 is 0 Å². The van der Waals surface area contributed by atoms with E-state index >= 15 is 0 Å². The zero-order chi connectivity index (χ0) is 19.0. The number of methoxy groups -OCH3 is 1. The summed E-state index contributed by atoms with van der Waals surface area (Å²) >= 11 is 0. The number of non-ortho nitro benzene ring substituents is 1. The van der Waals surface area contributed by atoms with Crippen molar-refractivity contribution in [3.8, 4) is 5.75 Å². The van der Waals surface area contributed by atoms with E-state index in [2.05, 4.69) is 9.88 Å². The third-order valence-electron chi connectivity index (χ3n) is 5.25. The molecular weight excluding hydrogens is 348 g/mol. The standard InChI is InChI=1S/C19H22N4O4/c1-27-17-5-4-14(23(25)26)9-13(17)10-22-7-6-15-16(11-22)20-18(21-19(15)24)8-12-2-3-12/h4-5,9,12H,2-3,6-8,10-11H2,1H3,(H,20,21,24). The molecule has 2 aromatic rings. The first-order chi connectivity index (χ1) is 13.0. The van der Waals surface area contributed by atoms with E-state index in [4.69, 9.17) is 9.72 Å². The summed E-state index contributed by atoms with van der Waals surface area (Å²) in [6.45, 7) is 1.77. The van der Waals surface area contributed by atoms with Gasteiger partial charge < -0.3 is 9.72 Å². The average molecular weight is 370 g/mol. The molecule has 8 nitrogen and oxygen atoms in total. The van der Waals surface area contributed by atoms with Crippen molar-refractivity contribution < 1.29 is 9.66 Å². The molecule has 1 aromatic heterocycles. The van der Waals surface area contributed by atoms with Crippen LogP contribution in [-0.4, -0.2) is 33.4 Å². The summed E-state index contributed by atoms with van der Waals surface area (Å²) in [5.41, 5.74) is 2.37. The highest BCUT2D eigenvalue weighted by Crippen LogP contribution is 2.32. The van der Waals surface area contributed by atoms with Crippen LogP contribution in [0, 0.1) is 16.0 Å². The van der Waals surface area contributed by atoms with E-state index in [0.717, 1.165) is 29.1 Å². The Hall–Kier alpha value is -2.74. The fourth-order valence-electron chi connectivity index (χ4n) is 3.62. The van der Waals surface area contributed by atoms with Crippen LogP contribution >= 0.6 is 0 Å². The topological polar surface area (TPSA) is 101 Å². The van der Waals surface area contributed by atoms with Gasteiger partial charge in [-0.25, -0.2) is 4.98 Å². The minimum atomic E-state index is -0.403. The molecular formula is C19H22N4O4. The van der Waals surface area contributed by atoms with Gasteiger partial charge in [-0.3, -0.25) is 19.8 Å². The minimum absolute atomic E-state index is 0.0248. The van der Waals surface area contributed by atoms with Crippen LogP contribution in [0.15, 0.2) is 23.0 Å². The molecule has 0 radical (unpaired) electrons. The first-order valence-electron chi connectivity index (χ1n) is 9.18. The zero-order valence-corrected chi connectivity index (χ0v) is 15.2. The summed E-state index contributed by atoms with van der Waals surface area (Å²) in [5, 5.41) is 11.1. The molecule has 0 saturated heterocycles. The molecule has 1 fully saturated rings. The molecule has 0 unspecified atom stereocenters. The number of nitro groups is 1. The number of hydrogen-bond donors (Lipinski definition) is 1. The van der Waals surface area contributed by atoms with Crippen LogP contribution < -0.4 is 10.3 Å². The molecule has 0 bridgehead atoms. The number of H-pyrrole nitrogens is 1. The molecule has 1 aliphatic carbocycles. The van der Waals surface area contributed by atoms with Gasteiger partial charge in [0.1, 0.15) is 11.6 Å². The van der Waals surface area contributed by atoms with Gasteiger partial charge in [-0.05, 0) is 31.2 Å². The lowest BCUT2D eigenvalue weighted by atomic mass is 10.0. The molecule has 0 atom stereocenters. The Balaban J connectivity index is 1.56. The third-order valence-corrected chi connectivity index (χ3v) is 5.25. The van der Waals surface area contributed by atoms with Crippen molar-refractivity contribution in [3.63, 3.8) is 0 Å². The third kappa shape index (κ3) is 3.85. The van der Waals surface area contributed by atoms with Crippen LogP contribution in [0.5, 0.6) is 5.75 Å². The molecule has 142 valence electrons. The maximum atomic E-state index is 12.4. The molecule has 1 N–H and O–H groups in total. The maximum Gasteiger partial charge on any atom is 0.270 e. The predicted molar refractivity (Wildman–Crippen MR) is 98.8 cm³/mol. The summed E-state index contributed by atoms with van der Waals surface area (Å²) in [7, 11) is 1.56. The summed E-state index contributed by atoms with van der Waals surface area (Å²) < 4.78 is 5.36. The van der Waals surface area contributed by atoms with E-state index in [9.17, 15) is 14.9 Å². The molecule has 8 heteroatoms. The van der Waals surface area contributed by atoms with Crippen LogP contribution in [0.2, 0.25) is 0 Å². The monoisotopic (exact) mass is 370 g/mol. The van der Waals surface area contributed by atoms with Gasteiger partial charge in [-0.1, -0.05) is 0 Å². The Morgan fingerprint density at radius 3 is 2.93 bits per heavy atom. The predicted octanol–water partition coefficient (Wildman–Crippen LogP) is 2.20. The lowest BCUT2D eigenvalue weighted by Crippen LogP contribution is -2.35. The van der Waals surface area contributed by atoms with Crippen molar-refractivity contribution in [3.05, 3.63) is 61.3 Å². The van der Waals surface area contributed by atoms with E-state index in [-0.39, 0.29) is 11.2 Å². The smallest absolute Gasteiger partial charge is 0.270 e. The van der Waals surface area contributed by atoms with Gasteiger partial charge in [-0.2, -0.15) is 0 Å². The fourth-order valence-corrected chi connectivity index (χ4v) is 3.62. The number of nitrogens with zero attached hydrogens (tertiary/aromatic N) is 3. The highest BCUT2D eigenvalue weighted by atomic mass is 16.6. The largest absolute Gasteiger partial charge is 0.496 e. The van der Waals surface area contributed by atoms with Crippen LogP contribution in [-0.2, 0) is 25.9 Å². The Kier molecular flexibility index (Phi) is 4.65. The van der Waals surface area contributed by atoms with Gasteiger partial charge in [0.25, 0.3) is 11.2 Å². The molecule has 0 spiro atoms. The van der Waals surface area contributed by atoms with Gasteiger partial charge in [0.05, 0.1) is 17.7 Å². The Morgan fingerprint density at radius 1 is 1.41 bits per heavy atom. The molecule has 1 aliphatic heterocycles. The molecule has 0 amide bonds. The quantitative estimate of drug-likeness (QED) is 0.618. The summed E-state index contributed by atoms with van der Waals surface area (Å²) in [5.74, 6) is 2.05. The van der Waals surface area contributed by atoms with Crippen LogP contribution in [0.25, 0.3) is 0 Å².